The lowest BCUT2D eigenvalue weighted by molar-refractivity contribution is 0.231. The van der Waals surface area contributed by atoms with Crippen LogP contribution in [0.3, 0.4) is 0 Å². The maximum Gasteiger partial charge on any atom is 0.212 e. The van der Waals surface area contributed by atoms with Crippen LogP contribution in [0, 0.1) is 11.8 Å². The van der Waals surface area contributed by atoms with Gasteiger partial charge in [0, 0.05) is 19.1 Å². The molecule has 0 amide bonds. The molecule has 0 radical (unpaired) electrons. The summed E-state index contributed by atoms with van der Waals surface area (Å²) in [7, 11) is -3.07. The molecule has 3 unspecified atom stereocenters. The van der Waals surface area contributed by atoms with Crippen LogP contribution in [-0.4, -0.2) is 33.3 Å². The van der Waals surface area contributed by atoms with Crippen molar-refractivity contribution in [3.8, 4) is 0 Å². The van der Waals surface area contributed by atoms with Gasteiger partial charge in [0.1, 0.15) is 0 Å². The van der Waals surface area contributed by atoms with Crippen LogP contribution in [0.25, 0.3) is 0 Å². The van der Waals surface area contributed by atoms with E-state index in [0.29, 0.717) is 25.0 Å². The molecule has 1 aliphatic rings. The van der Waals surface area contributed by atoms with Crippen LogP contribution in [0.4, 0.5) is 0 Å². The van der Waals surface area contributed by atoms with E-state index < -0.39 is 10.0 Å². The first-order chi connectivity index (χ1) is 7.94. The Morgan fingerprint density at radius 2 is 1.94 bits per heavy atom. The zero-order valence-electron chi connectivity index (χ0n) is 11.2. The minimum absolute atomic E-state index is 0.180. The summed E-state index contributed by atoms with van der Waals surface area (Å²) in [6.07, 6.45) is 3.67. The molecular formula is C12H26N2O2S. The summed E-state index contributed by atoms with van der Waals surface area (Å²) >= 11 is 0. The smallest absolute Gasteiger partial charge is 0.212 e. The maximum atomic E-state index is 11.5. The first kappa shape index (κ1) is 14.9. The predicted octanol–water partition coefficient (Wildman–Crippen LogP) is 1.34. The Morgan fingerprint density at radius 3 is 2.53 bits per heavy atom. The van der Waals surface area contributed by atoms with Crippen LogP contribution in [-0.2, 0) is 10.0 Å². The Labute approximate surface area is 106 Å². The van der Waals surface area contributed by atoms with Gasteiger partial charge in [-0.05, 0) is 31.1 Å². The molecule has 2 N–H and O–H groups in total. The monoisotopic (exact) mass is 262 g/mol. The Balaban J connectivity index is 2.27. The third-order valence-electron chi connectivity index (χ3n) is 3.57. The number of sulfonamides is 1. The number of hydrogen-bond donors (Lipinski definition) is 2. The summed E-state index contributed by atoms with van der Waals surface area (Å²) in [6.45, 7) is 7.38. The van der Waals surface area contributed by atoms with Crippen LogP contribution in [0.2, 0.25) is 0 Å². The second-order valence-corrected chi connectivity index (χ2v) is 7.20. The van der Waals surface area contributed by atoms with Gasteiger partial charge in [-0.2, -0.15) is 0 Å². The van der Waals surface area contributed by atoms with Crippen molar-refractivity contribution >= 4 is 10.0 Å². The zero-order chi connectivity index (χ0) is 12.9. The van der Waals surface area contributed by atoms with E-state index in [-0.39, 0.29) is 5.75 Å². The van der Waals surface area contributed by atoms with E-state index in [4.69, 9.17) is 0 Å². The van der Waals surface area contributed by atoms with Crippen molar-refractivity contribution in [2.75, 3.05) is 18.8 Å². The van der Waals surface area contributed by atoms with Crippen LogP contribution in [0.15, 0.2) is 0 Å². The number of nitrogens with one attached hydrogen (secondary N) is 2. The average molecular weight is 262 g/mol. The minimum atomic E-state index is -3.07. The van der Waals surface area contributed by atoms with E-state index in [0.717, 1.165) is 5.92 Å². The molecule has 17 heavy (non-hydrogen) atoms. The quantitative estimate of drug-likeness (QED) is 0.759. The van der Waals surface area contributed by atoms with Crippen LogP contribution >= 0.6 is 0 Å². The first-order valence-electron chi connectivity index (χ1n) is 6.65. The van der Waals surface area contributed by atoms with Gasteiger partial charge >= 0.3 is 0 Å². The molecule has 0 aliphatic heterocycles. The van der Waals surface area contributed by atoms with Crippen molar-refractivity contribution in [2.45, 2.75) is 46.1 Å². The largest absolute Gasteiger partial charge is 0.313 e. The standard InChI is InChI=1S/C12H26N2O2S/c1-4-14-17(15,16)8-7-13-12-6-5-10(2)9-11(12)3/h10-14H,4-9H2,1-3H3. The zero-order valence-corrected chi connectivity index (χ0v) is 12.0. The van der Waals surface area contributed by atoms with Gasteiger partial charge in [0.2, 0.25) is 10.0 Å². The van der Waals surface area contributed by atoms with E-state index in [1.54, 1.807) is 6.92 Å². The molecule has 5 heteroatoms. The molecule has 0 bridgehead atoms. The molecule has 102 valence electrons. The predicted molar refractivity (Wildman–Crippen MR) is 71.4 cm³/mol. The lowest BCUT2D eigenvalue weighted by Crippen LogP contribution is -2.42. The summed E-state index contributed by atoms with van der Waals surface area (Å²) < 4.78 is 25.4. The summed E-state index contributed by atoms with van der Waals surface area (Å²) in [5, 5.41) is 3.39. The van der Waals surface area contributed by atoms with Crippen molar-refractivity contribution in [3.05, 3.63) is 0 Å². The highest BCUT2D eigenvalue weighted by atomic mass is 32.2. The van der Waals surface area contributed by atoms with Crippen molar-refractivity contribution in [1.29, 1.82) is 0 Å². The summed E-state index contributed by atoms with van der Waals surface area (Å²) in [5.41, 5.74) is 0. The fourth-order valence-electron chi connectivity index (χ4n) is 2.64. The summed E-state index contributed by atoms with van der Waals surface area (Å²) in [6, 6.07) is 0.489. The molecule has 1 rings (SSSR count). The van der Waals surface area contributed by atoms with E-state index >= 15 is 0 Å². The van der Waals surface area contributed by atoms with Gasteiger partial charge in [-0.3, -0.25) is 0 Å². The second kappa shape index (κ2) is 6.71. The SMILES string of the molecule is CCNS(=O)(=O)CCNC1CCC(C)CC1C. The van der Waals surface area contributed by atoms with Crippen molar-refractivity contribution in [3.63, 3.8) is 0 Å². The van der Waals surface area contributed by atoms with Gasteiger partial charge in [-0.15, -0.1) is 0 Å². The van der Waals surface area contributed by atoms with Crippen LogP contribution in [0.5, 0.6) is 0 Å². The Hall–Kier alpha value is -0.130. The first-order valence-corrected chi connectivity index (χ1v) is 8.30. The van der Waals surface area contributed by atoms with E-state index in [1.165, 1.54) is 19.3 Å². The molecule has 1 aliphatic carbocycles. The van der Waals surface area contributed by atoms with Gasteiger partial charge in [-0.25, -0.2) is 13.1 Å². The minimum Gasteiger partial charge on any atom is -0.313 e. The molecule has 1 saturated carbocycles. The maximum absolute atomic E-state index is 11.5. The third kappa shape index (κ3) is 5.36. The molecule has 0 saturated heterocycles. The summed E-state index contributed by atoms with van der Waals surface area (Å²) in [4.78, 5) is 0. The highest BCUT2D eigenvalue weighted by Crippen LogP contribution is 2.28. The lowest BCUT2D eigenvalue weighted by Gasteiger charge is -2.33. The van der Waals surface area contributed by atoms with E-state index in [2.05, 4.69) is 23.9 Å². The molecule has 0 aromatic carbocycles. The number of rotatable bonds is 6. The molecule has 4 nitrogen and oxygen atoms in total. The van der Waals surface area contributed by atoms with E-state index in [1.807, 2.05) is 0 Å². The second-order valence-electron chi connectivity index (χ2n) is 5.27. The molecule has 0 aromatic rings. The molecule has 1 fully saturated rings. The number of hydrogen-bond acceptors (Lipinski definition) is 3. The topological polar surface area (TPSA) is 58.2 Å². The van der Waals surface area contributed by atoms with Crippen LogP contribution in [0.1, 0.15) is 40.0 Å². The van der Waals surface area contributed by atoms with Crippen molar-refractivity contribution in [2.24, 2.45) is 11.8 Å². The Kier molecular flexibility index (Phi) is 5.89. The molecular weight excluding hydrogens is 236 g/mol. The lowest BCUT2D eigenvalue weighted by atomic mass is 9.80. The van der Waals surface area contributed by atoms with E-state index in [9.17, 15) is 8.42 Å². The van der Waals surface area contributed by atoms with Crippen molar-refractivity contribution < 1.29 is 8.42 Å². The third-order valence-corrected chi connectivity index (χ3v) is 5.04. The fraction of sp³-hybridized carbons (Fsp3) is 1.00. The highest BCUT2D eigenvalue weighted by molar-refractivity contribution is 7.89. The molecule has 3 atom stereocenters. The van der Waals surface area contributed by atoms with Gasteiger partial charge < -0.3 is 5.32 Å². The van der Waals surface area contributed by atoms with Gasteiger partial charge in [0.25, 0.3) is 0 Å². The Bertz CT molecular complexity index is 316. The normalized spacial score (nSPS) is 30.4. The fourth-order valence-corrected chi connectivity index (χ4v) is 3.61. The average Bonchev–Trinajstić information content (AvgIpc) is 2.21. The molecule has 0 spiro atoms. The van der Waals surface area contributed by atoms with Gasteiger partial charge in [-0.1, -0.05) is 20.8 Å². The van der Waals surface area contributed by atoms with Gasteiger partial charge in [0.05, 0.1) is 5.75 Å². The van der Waals surface area contributed by atoms with Crippen LogP contribution < -0.4 is 10.0 Å². The molecule has 0 heterocycles. The van der Waals surface area contributed by atoms with Crippen molar-refractivity contribution in [1.82, 2.24) is 10.0 Å². The highest BCUT2D eigenvalue weighted by Gasteiger charge is 2.24. The summed E-state index contributed by atoms with van der Waals surface area (Å²) in [5.74, 6) is 1.65. The Morgan fingerprint density at radius 1 is 1.24 bits per heavy atom. The molecule has 0 aromatic heterocycles. The van der Waals surface area contributed by atoms with Gasteiger partial charge in [0.15, 0.2) is 0 Å².